The minimum Gasteiger partial charge on any atom is -0.506 e. The number of hydrogen-bond donors (Lipinski definition) is 1. The summed E-state index contributed by atoms with van der Waals surface area (Å²) in [4.78, 5) is 13.5. The van der Waals surface area contributed by atoms with Crippen molar-refractivity contribution in [3.05, 3.63) is 59.4 Å². The number of phenols is 1. The van der Waals surface area contributed by atoms with Crippen LogP contribution in [0.1, 0.15) is 21.5 Å². The Morgan fingerprint density at radius 2 is 1.83 bits per heavy atom. The number of carbonyl (C=O) groups is 1. The number of ketones is 1. The van der Waals surface area contributed by atoms with E-state index in [1.807, 2.05) is 0 Å². The van der Waals surface area contributed by atoms with E-state index >= 15 is 0 Å². The largest absolute Gasteiger partial charge is 0.506 e. The molecule has 0 spiro atoms. The highest BCUT2D eigenvalue weighted by Crippen LogP contribution is 2.50. The van der Waals surface area contributed by atoms with E-state index in [1.54, 1.807) is 30.4 Å². The Labute approximate surface area is 173 Å². The van der Waals surface area contributed by atoms with Crippen molar-refractivity contribution in [1.29, 1.82) is 0 Å². The Balaban J connectivity index is 1.85. The number of phenolic OH excluding ortho intramolecular Hbond substituents is 1. The molecule has 2 aliphatic rings. The van der Waals surface area contributed by atoms with E-state index in [9.17, 15) is 9.90 Å². The van der Waals surface area contributed by atoms with Crippen LogP contribution in [0, 0.1) is 0 Å². The van der Waals surface area contributed by atoms with Crippen molar-refractivity contribution in [2.75, 3.05) is 27.9 Å². The SMILES string of the molecule is C=C1C=Cc2c(ccc(C(=O)C3=CCOc4cc(OC)c(OC)c(OC)c43)c2O)O1. The van der Waals surface area contributed by atoms with E-state index in [0.29, 0.717) is 51.2 Å². The lowest BCUT2D eigenvalue weighted by molar-refractivity contribution is 0.105. The molecule has 2 aromatic rings. The molecule has 4 rings (SSSR count). The predicted molar refractivity (Wildman–Crippen MR) is 111 cm³/mol. The van der Waals surface area contributed by atoms with Crippen LogP contribution in [0.5, 0.6) is 34.5 Å². The summed E-state index contributed by atoms with van der Waals surface area (Å²) in [6.07, 6.45) is 4.93. The maximum Gasteiger partial charge on any atom is 0.204 e. The maximum absolute atomic E-state index is 13.5. The van der Waals surface area contributed by atoms with Crippen LogP contribution in [0.25, 0.3) is 11.6 Å². The first-order chi connectivity index (χ1) is 14.5. The van der Waals surface area contributed by atoms with Gasteiger partial charge in [0.1, 0.15) is 29.6 Å². The van der Waals surface area contributed by atoms with E-state index in [4.69, 9.17) is 23.7 Å². The molecule has 0 saturated heterocycles. The monoisotopic (exact) mass is 408 g/mol. The minimum atomic E-state index is -0.386. The molecule has 1 N–H and O–H groups in total. The molecular weight excluding hydrogens is 388 g/mol. The van der Waals surface area contributed by atoms with Gasteiger partial charge in [0.2, 0.25) is 5.75 Å². The second-order valence-corrected chi connectivity index (χ2v) is 6.55. The molecule has 154 valence electrons. The topological polar surface area (TPSA) is 83.5 Å². The normalized spacial score (nSPS) is 14.0. The Morgan fingerprint density at radius 1 is 1.07 bits per heavy atom. The summed E-state index contributed by atoms with van der Waals surface area (Å²) in [6.45, 7) is 3.91. The minimum absolute atomic E-state index is 0.130. The van der Waals surface area contributed by atoms with E-state index in [1.165, 1.54) is 27.4 Å². The van der Waals surface area contributed by atoms with Crippen LogP contribution in [0.2, 0.25) is 0 Å². The highest BCUT2D eigenvalue weighted by molar-refractivity contribution is 6.31. The Bertz CT molecular complexity index is 1130. The number of allylic oxidation sites excluding steroid dienone is 2. The lowest BCUT2D eigenvalue weighted by atomic mass is 9.91. The van der Waals surface area contributed by atoms with Crippen LogP contribution < -0.4 is 23.7 Å². The molecule has 0 bridgehead atoms. The van der Waals surface area contributed by atoms with Crippen LogP contribution in [0.3, 0.4) is 0 Å². The van der Waals surface area contributed by atoms with Gasteiger partial charge in [-0.3, -0.25) is 4.79 Å². The average molecular weight is 408 g/mol. The van der Waals surface area contributed by atoms with Gasteiger partial charge in [0.05, 0.1) is 38.0 Å². The molecule has 0 unspecified atom stereocenters. The summed E-state index contributed by atoms with van der Waals surface area (Å²) >= 11 is 0. The standard InChI is InChI=1S/C23H20O7/c1-12-5-6-13-16(30-12)8-7-15(20(13)24)21(25)14-9-10-29-17-11-18(26-2)22(27-3)23(28-4)19(14)17/h5-9,11,24H,1,10H2,2-4H3. The van der Waals surface area contributed by atoms with E-state index < -0.39 is 0 Å². The molecule has 0 aromatic heterocycles. The van der Waals surface area contributed by atoms with Crippen molar-refractivity contribution in [2.24, 2.45) is 0 Å². The second-order valence-electron chi connectivity index (χ2n) is 6.55. The van der Waals surface area contributed by atoms with Crippen molar-refractivity contribution in [3.63, 3.8) is 0 Å². The number of Topliss-reactive ketones (excluding diaryl/α,β-unsaturated/α-hetero) is 1. The molecule has 2 heterocycles. The zero-order valence-electron chi connectivity index (χ0n) is 16.8. The summed E-state index contributed by atoms with van der Waals surface area (Å²) in [7, 11) is 4.46. The number of carbonyl (C=O) groups excluding carboxylic acids is 1. The van der Waals surface area contributed by atoms with Crippen molar-refractivity contribution >= 4 is 17.4 Å². The van der Waals surface area contributed by atoms with Crippen molar-refractivity contribution < 1.29 is 33.6 Å². The molecule has 0 saturated carbocycles. The zero-order chi connectivity index (χ0) is 21.4. The summed E-state index contributed by atoms with van der Waals surface area (Å²) in [5.41, 5.74) is 1.31. The molecule has 0 atom stereocenters. The van der Waals surface area contributed by atoms with Gasteiger partial charge < -0.3 is 28.8 Å². The van der Waals surface area contributed by atoms with Gasteiger partial charge in [-0.2, -0.15) is 0 Å². The summed E-state index contributed by atoms with van der Waals surface area (Å²) in [6, 6.07) is 4.79. The zero-order valence-corrected chi connectivity index (χ0v) is 16.8. The molecule has 2 aliphatic heterocycles. The van der Waals surface area contributed by atoms with Crippen molar-refractivity contribution in [2.45, 2.75) is 0 Å². The molecule has 0 radical (unpaired) electrons. The van der Waals surface area contributed by atoms with Gasteiger partial charge in [-0.1, -0.05) is 6.58 Å². The third-order valence-electron chi connectivity index (χ3n) is 4.93. The molecular formula is C23H20O7. The van der Waals surface area contributed by atoms with Gasteiger partial charge in [0.15, 0.2) is 17.3 Å². The number of hydrogen-bond acceptors (Lipinski definition) is 7. The molecule has 30 heavy (non-hydrogen) atoms. The highest BCUT2D eigenvalue weighted by Gasteiger charge is 2.31. The summed E-state index contributed by atoms with van der Waals surface area (Å²) in [5.74, 6) is 1.82. The molecule has 2 aromatic carbocycles. The third-order valence-corrected chi connectivity index (χ3v) is 4.93. The fourth-order valence-corrected chi connectivity index (χ4v) is 3.55. The number of benzene rings is 2. The number of fused-ring (bicyclic) bond motifs is 2. The second kappa shape index (κ2) is 7.51. The highest BCUT2D eigenvalue weighted by atomic mass is 16.5. The van der Waals surface area contributed by atoms with E-state index in [-0.39, 0.29) is 23.7 Å². The molecule has 7 heteroatoms. The smallest absolute Gasteiger partial charge is 0.204 e. The fourth-order valence-electron chi connectivity index (χ4n) is 3.55. The predicted octanol–water partition coefficient (Wildman–Crippen LogP) is 4.00. The fraction of sp³-hybridized carbons (Fsp3) is 0.174. The van der Waals surface area contributed by atoms with Gasteiger partial charge in [-0.25, -0.2) is 0 Å². The first-order valence-electron chi connectivity index (χ1n) is 9.12. The molecule has 7 nitrogen and oxygen atoms in total. The van der Waals surface area contributed by atoms with Gasteiger partial charge in [0.25, 0.3) is 0 Å². The Morgan fingerprint density at radius 3 is 2.53 bits per heavy atom. The number of ether oxygens (including phenoxy) is 5. The van der Waals surface area contributed by atoms with Crippen molar-refractivity contribution in [3.8, 4) is 34.5 Å². The summed E-state index contributed by atoms with van der Waals surface area (Å²) in [5, 5.41) is 10.8. The third kappa shape index (κ3) is 2.95. The van der Waals surface area contributed by atoms with Crippen LogP contribution in [0.4, 0.5) is 0 Å². The van der Waals surface area contributed by atoms with Gasteiger partial charge in [-0.05, 0) is 30.4 Å². The molecule has 0 aliphatic carbocycles. The number of aromatic hydroxyl groups is 1. The lowest BCUT2D eigenvalue weighted by Gasteiger charge is -2.24. The first-order valence-corrected chi connectivity index (χ1v) is 9.12. The van der Waals surface area contributed by atoms with Crippen LogP contribution in [-0.2, 0) is 0 Å². The molecule has 0 amide bonds. The van der Waals surface area contributed by atoms with Gasteiger partial charge >= 0.3 is 0 Å². The molecule has 0 fully saturated rings. The van der Waals surface area contributed by atoms with Crippen LogP contribution in [-0.4, -0.2) is 38.8 Å². The van der Waals surface area contributed by atoms with E-state index in [0.717, 1.165) is 0 Å². The summed E-state index contributed by atoms with van der Waals surface area (Å²) < 4.78 is 27.6. The number of rotatable bonds is 5. The first kappa shape index (κ1) is 19.4. The Kier molecular flexibility index (Phi) is 4.87. The Hall–Kier alpha value is -3.87. The quantitative estimate of drug-likeness (QED) is 0.749. The van der Waals surface area contributed by atoms with Crippen molar-refractivity contribution in [1.82, 2.24) is 0 Å². The van der Waals surface area contributed by atoms with E-state index in [2.05, 4.69) is 6.58 Å². The van der Waals surface area contributed by atoms with Crippen LogP contribution >= 0.6 is 0 Å². The van der Waals surface area contributed by atoms with Gasteiger partial charge in [0, 0.05) is 11.6 Å². The number of methoxy groups -OCH3 is 3. The van der Waals surface area contributed by atoms with Crippen LogP contribution in [0.15, 0.2) is 42.7 Å². The van der Waals surface area contributed by atoms with Gasteiger partial charge in [-0.15, -0.1) is 0 Å². The lowest BCUT2D eigenvalue weighted by Crippen LogP contribution is -2.14. The maximum atomic E-state index is 13.5. The average Bonchev–Trinajstić information content (AvgIpc) is 2.76.